The number of rotatable bonds is 2. The van der Waals surface area contributed by atoms with Crippen LogP contribution in [-0.2, 0) is 12.0 Å². The van der Waals surface area contributed by atoms with Gasteiger partial charge in [0.1, 0.15) is 0 Å². The summed E-state index contributed by atoms with van der Waals surface area (Å²) >= 11 is 0. The van der Waals surface area contributed by atoms with E-state index in [2.05, 4.69) is 12.1 Å². The molecule has 2 aromatic rings. The molecule has 2 heteroatoms. The number of nitrogens with zero attached hydrogens (tertiary/aromatic N) is 1. The number of aromatic nitrogens is 1. The second-order valence-corrected chi connectivity index (χ2v) is 5.58. The van der Waals surface area contributed by atoms with Crippen LogP contribution >= 0.6 is 0 Å². The molecule has 0 spiro atoms. The third kappa shape index (κ3) is 2.89. The molecule has 0 N–H and O–H groups in total. The molecule has 0 unspecified atom stereocenters. The first-order valence-electron chi connectivity index (χ1n) is 6.23. The van der Waals surface area contributed by atoms with Crippen molar-refractivity contribution in [2.45, 2.75) is 32.7 Å². The average Bonchev–Trinajstić information content (AvgIpc) is 2.28. The standard InChI is InChI=1S/C16H19NO/c1-16(2,3)17-10-9-14(12-15(17)18)11-13-7-5-4-6-8-13/h4-10,12H,11H2,1-3H3. The van der Waals surface area contributed by atoms with E-state index in [1.165, 1.54) is 5.56 Å². The minimum Gasteiger partial charge on any atom is -0.310 e. The summed E-state index contributed by atoms with van der Waals surface area (Å²) < 4.78 is 1.77. The highest BCUT2D eigenvalue weighted by atomic mass is 16.1. The predicted molar refractivity (Wildman–Crippen MR) is 74.9 cm³/mol. The van der Waals surface area contributed by atoms with Gasteiger partial charge in [-0.2, -0.15) is 0 Å². The summed E-state index contributed by atoms with van der Waals surface area (Å²) in [7, 11) is 0. The van der Waals surface area contributed by atoms with E-state index in [0.29, 0.717) is 0 Å². The second-order valence-electron chi connectivity index (χ2n) is 5.58. The van der Waals surface area contributed by atoms with Crippen LogP contribution in [-0.4, -0.2) is 4.57 Å². The van der Waals surface area contributed by atoms with Crippen molar-refractivity contribution in [1.29, 1.82) is 0 Å². The van der Waals surface area contributed by atoms with Gasteiger partial charge in [0, 0.05) is 17.8 Å². The smallest absolute Gasteiger partial charge is 0.251 e. The van der Waals surface area contributed by atoms with Crippen LogP contribution in [0.2, 0.25) is 0 Å². The van der Waals surface area contributed by atoms with Crippen molar-refractivity contribution in [2.75, 3.05) is 0 Å². The molecule has 0 aliphatic heterocycles. The maximum Gasteiger partial charge on any atom is 0.251 e. The summed E-state index contributed by atoms with van der Waals surface area (Å²) in [5.74, 6) is 0. The van der Waals surface area contributed by atoms with Crippen LogP contribution in [0.5, 0.6) is 0 Å². The van der Waals surface area contributed by atoms with Crippen molar-refractivity contribution in [3.8, 4) is 0 Å². The highest BCUT2D eigenvalue weighted by Gasteiger charge is 2.13. The minimum absolute atomic E-state index is 0.0657. The van der Waals surface area contributed by atoms with Crippen molar-refractivity contribution in [1.82, 2.24) is 4.57 Å². The van der Waals surface area contributed by atoms with Crippen LogP contribution in [0, 0.1) is 0 Å². The lowest BCUT2D eigenvalue weighted by atomic mass is 10.0. The zero-order valence-corrected chi connectivity index (χ0v) is 11.2. The lowest BCUT2D eigenvalue weighted by Gasteiger charge is -2.22. The molecular weight excluding hydrogens is 222 g/mol. The van der Waals surface area contributed by atoms with E-state index in [1.807, 2.05) is 51.2 Å². The van der Waals surface area contributed by atoms with Gasteiger partial charge < -0.3 is 4.57 Å². The summed E-state index contributed by atoms with van der Waals surface area (Å²) in [6.45, 7) is 6.10. The van der Waals surface area contributed by atoms with Gasteiger partial charge in [0.25, 0.3) is 5.56 Å². The van der Waals surface area contributed by atoms with Crippen molar-refractivity contribution >= 4 is 0 Å². The molecular formula is C16H19NO. The maximum absolute atomic E-state index is 12.0. The fourth-order valence-corrected chi connectivity index (χ4v) is 2.02. The van der Waals surface area contributed by atoms with Crippen LogP contribution in [0.3, 0.4) is 0 Å². The van der Waals surface area contributed by atoms with Crippen LogP contribution in [0.4, 0.5) is 0 Å². The van der Waals surface area contributed by atoms with Crippen LogP contribution in [0.1, 0.15) is 31.9 Å². The Balaban J connectivity index is 2.28. The lowest BCUT2D eigenvalue weighted by molar-refractivity contribution is 0.384. The lowest BCUT2D eigenvalue weighted by Crippen LogP contribution is -2.33. The predicted octanol–water partition coefficient (Wildman–Crippen LogP) is 3.19. The van der Waals surface area contributed by atoms with Gasteiger partial charge in [0.15, 0.2) is 0 Å². The Morgan fingerprint density at radius 1 is 1.00 bits per heavy atom. The number of hydrogen-bond acceptors (Lipinski definition) is 1. The largest absolute Gasteiger partial charge is 0.310 e. The average molecular weight is 241 g/mol. The molecule has 94 valence electrons. The van der Waals surface area contributed by atoms with Gasteiger partial charge in [-0.3, -0.25) is 4.79 Å². The third-order valence-electron chi connectivity index (χ3n) is 2.96. The summed E-state index contributed by atoms with van der Waals surface area (Å²) in [5.41, 5.74) is 2.19. The molecule has 0 bridgehead atoms. The normalized spacial score (nSPS) is 11.5. The Hall–Kier alpha value is -1.83. The molecule has 0 amide bonds. The molecule has 2 nitrogen and oxygen atoms in total. The van der Waals surface area contributed by atoms with E-state index < -0.39 is 0 Å². The first-order chi connectivity index (χ1) is 8.47. The van der Waals surface area contributed by atoms with Gasteiger partial charge >= 0.3 is 0 Å². The Labute approximate surface area is 108 Å². The third-order valence-corrected chi connectivity index (χ3v) is 2.96. The summed E-state index contributed by atoms with van der Waals surface area (Å²) in [6.07, 6.45) is 2.70. The summed E-state index contributed by atoms with van der Waals surface area (Å²) in [6, 6.07) is 14.0. The van der Waals surface area contributed by atoms with Crippen molar-refractivity contribution in [2.24, 2.45) is 0 Å². The van der Waals surface area contributed by atoms with Gasteiger partial charge in [-0.05, 0) is 44.4 Å². The molecule has 2 rings (SSSR count). The Kier molecular flexibility index (Phi) is 3.37. The topological polar surface area (TPSA) is 22.0 Å². The van der Waals surface area contributed by atoms with Gasteiger partial charge in [0.2, 0.25) is 0 Å². The number of benzene rings is 1. The molecule has 1 aromatic heterocycles. The maximum atomic E-state index is 12.0. The van der Waals surface area contributed by atoms with E-state index in [0.717, 1.165) is 12.0 Å². The summed E-state index contributed by atoms with van der Waals surface area (Å²) in [4.78, 5) is 12.0. The van der Waals surface area contributed by atoms with Crippen molar-refractivity contribution in [3.63, 3.8) is 0 Å². The fraction of sp³-hybridized carbons (Fsp3) is 0.312. The van der Waals surface area contributed by atoms with E-state index in [9.17, 15) is 4.79 Å². The molecule has 1 heterocycles. The van der Waals surface area contributed by atoms with Gasteiger partial charge in [-0.15, -0.1) is 0 Å². The van der Waals surface area contributed by atoms with E-state index in [1.54, 1.807) is 10.6 Å². The zero-order valence-electron chi connectivity index (χ0n) is 11.2. The highest BCUT2D eigenvalue weighted by Crippen LogP contribution is 2.12. The molecule has 0 aliphatic rings. The second kappa shape index (κ2) is 4.81. The Morgan fingerprint density at radius 2 is 1.67 bits per heavy atom. The number of pyridine rings is 1. The fourth-order valence-electron chi connectivity index (χ4n) is 2.02. The van der Waals surface area contributed by atoms with Crippen LogP contribution in [0.25, 0.3) is 0 Å². The zero-order chi connectivity index (χ0) is 13.2. The van der Waals surface area contributed by atoms with E-state index in [4.69, 9.17) is 0 Å². The monoisotopic (exact) mass is 241 g/mol. The van der Waals surface area contributed by atoms with Crippen molar-refractivity contribution in [3.05, 3.63) is 70.1 Å². The molecule has 18 heavy (non-hydrogen) atoms. The van der Waals surface area contributed by atoms with Gasteiger partial charge in [0.05, 0.1) is 0 Å². The molecule has 0 radical (unpaired) electrons. The van der Waals surface area contributed by atoms with Crippen molar-refractivity contribution < 1.29 is 0 Å². The SMILES string of the molecule is CC(C)(C)n1ccc(Cc2ccccc2)cc1=O. The highest BCUT2D eigenvalue weighted by molar-refractivity contribution is 5.24. The molecule has 0 atom stereocenters. The first-order valence-corrected chi connectivity index (χ1v) is 6.23. The quantitative estimate of drug-likeness (QED) is 0.791. The summed E-state index contributed by atoms with van der Waals surface area (Å²) in [5, 5.41) is 0. The van der Waals surface area contributed by atoms with Crippen LogP contribution in [0.15, 0.2) is 53.5 Å². The van der Waals surface area contributed by atoms with Crippen LogP contribution < -0.4 is 5.56 Å². The van der Waals surface area contributed by atoms with E-state index in [-0.39, 0.29) is 11.1 Å². The molecule has 0 saturated carbocycles. The Morgan fingerprint density at radius 3 is 2.22 bits per heavy atom. The van der Waals surface area contributed by atoms with E-state index >= 15 is 0 Å². The first kappa shape index (κ1) is 12.6. The molecule has 0 saturated heterocycles. The minimum atomic E-state index is -0.164. The molecule has 0 aliphatic carbocycles. The molecule has 0 fully saturated rings. The molecule has 1 aromatic carbocycles. The van der Waals surface area contributed by atoms with Gasteiger partial charge in [-0.1, -0.05) is 30.3 Å². The number of hydrogen-bond donors (Lipinski definition) is 0. The van der Waals surface area contributed by atoms with Gasteiger partial charge in [-0.25, -0.2) is 0 Å². The Bertz CT molecular complexity index is 576.